The molecule has 0 spiro atoms. The smallest absolute Gasteiger partial charge is 0.212 e. The molecule has 0 aliphatic rings. The Morgan fingerprint density at radius 3 is 2.35 bits per heavy atom. The van der Waals surface area contributed by atoms with E-state index in [1.54, 1.807) is 7.11 Å². The van der Waals surface area contributed by atoms with Crippen LogP contribution < -0.4 is 26.3 Å². The Morgan fingerprint density at radius 1 is 0.900 bits per heavy atom. The van der Waals surface area contributed by atoms with Crippen LogP contribution in [0, 0.1) is 0 Å². The normalized spacial score (nSPS) is 10.1. The topological polar surface area (TPSA) is 13.1 Å². The van der Waals surface area contributed by atoms with E-state index < -0.39 is 0 Å². The van der Waals surface area contributed by atoms with Gasteiger partial charge in [-0.05, 0) is 36.4 Å². The monoisotopic (exact) mass is 329 g/mol. The third-order valence-electron chi connectivity index (χ3n) is 3.30. The van der Waals surface area contributed by atoms with Crippen molar-refractivity contribution in [3.05, 3.63) is 72.4 Å². The average Bonchev–Trinajstić information content (AvgIpc) is 2.48. The van der Waals surface area contributed by atoms with Crippen molar-refractivity contribution in [2.24, 2.45) is 0 Å². The Bertz CT molecular complexity index is 689. The fourth-order valence-corrected chi connectivity index (χ4v) is 2.29. The Kier molecular flexibility index (Phi) is 4.74. The molecule has 0 aliphatic carbocycles. The lowest BCUT2D eigenvalue weighted by Crippen LogP contribution is -3.00. The second-order valence-corrected chi connectivity index (χ2v) is 4.54. The molecule has 3 heteroatoms. The fourth-order valence-electron chi connectivity index (χ4n) is 2.29. The van der Waals surface area contributed by atoms with Gasteiger partial charge in [0.25, 0.3) is 0 Å². The third-order valence-corrected chi connectivity index (χ3v) is 3.30. The molecular weight excluding hydrogens is 314 g/mol. The standard InChI is InChI=1S/C17H16NO.BrH/c1-19-16-10-8-14(9-11-16)13-18-12-4-6-15-5-2-3-7-17(15)18;/h2-12H,13H2,1H3;1H/q+1;/p-1. The van der Waals surface area contributed by atoms with E-state index in [2.05, 4.69) is 59.3 Å². The van der Waals surface area contributed by atoms with Crippen molar-refractivity contribution in [2.75, 3.05) is 7.11 Å². The molecule has 1 heterocycles. The van der Waals surface area contributed by atoms with Crippen molar-refractivity contribution < 1.29 is 26.3 Å². The Hall–Kier alpha value is -1.87. The number of fused-ring (bicyclic) bond motifs is 1. The summed E-state index contributed by atoms with van der Waals surface area (Å²) < 4.78 is 7.44. The summed E-state index contributed by atoms with van der Waals surface area (Å²) in [5, 5.41) is 1.26. The SMILES string of the molecule is COc1ccc(C[n+]2cccc3ccccc32)cc1.[Br-]. The summed E-state index contributed by atoms with van der Waals surface area (Å²) in [5.41, 5.74) is 2.52. The van der Waals surface area contributed by atoms with Crippen LogP contribution in [0.3, 0.4) is 0 Å². The molecule has 0 saturated carbocycles. The van der Waals surface area contributed by atoms with Crippen LogP contribution in [0.15, 0.2) is 66.9 Å². The minimum Gasteiger partial charge on any atom is -1.00 e. The number of ether oxygens (including phenoxy) is 1. The summed E-state index contributed by atoms with van der Waals surface area (Å²) in [6.45, 7) is 0.866. The number of methoxy groups -OCH3 is 1. The number of benzene rings is 2. The molecule has 0 aliphatic heterocycles. The highest BCUT2D eigenvalue weighted by Crippen LogP contribution is 2.12. The molecule has 3 aromatic rings. The molecule has 102 valence electrons. The maximum absolute atomic E-state index is 5.18. The number of nitrogens with zero attached hydrogens (tertiary/aromatic N) is 1. The summed E-state index contributed by atoms with van der Waals surface area (Å²) in [4.78, 5) is 0. The number of pyridine rings is 1. The molecule has 0 bridgehead atoms. The van der Waals surface area contributed by atoms with Gasteiger partial charge in [-0.25, -0.2) is 0 Å². The highest BCUT2D eigenvalue weighted by Gasteiger charge is 2.08. The minimum absolute atomic E-state index is 0. The third kappa shape index (κ3) is 2.99. The lowest BCUT2D eigenvalue weighted by molar-refractivity contribution is -0.662. The van der Waals surface area contributed by atoms with E-state index in [0.29, 0.717) is 0 Å². The van der Waals surface area contributed by atoms with Crippen LogP contribution in [-0.4, -0.2) is 7.11 Å². The van der Waals surface area contributed by atoms with Gasteiger partial charge in [0.1, 0.15) is 5.75 Å². The van der Waals surface area contributed by atoms with E-state index in [9.17, 15) is 0 Å². The average molecular weight is 330 g/mol. The van der Waals surface area contributed by atoms with Gasteiger partial charge in [-0.2, -0.15) is 4.57 Å². The van der Waals surface area contributed by atoms with Crippen LogP contribution >= 0.6 is 0 Å². The van der Waals surface area contributed by atoms with Gasteiger partial charge < -0.3 is 21.7 Å². The van der Waals surface area contributed by atoms with E-state index in [4.69, 9.17) is 4.74 Å². The van der Waals surface area contributed by atoms with Gasteiger partial charge in [-0.3, -0.25) is 0 Å². The lowest BCUT2D eigenvalue weighted by atomic mass is 10.2. The number of rotatable bonds is 3. The van der Waals surface area contributed by atoms with E-state index in [1.165, 1.54) is 16.5 Å². The minimum atomic E-state index is 0. The number of aromatic nitrogens is 1. The summed E-state index contributed by atoms with van der Waals surface area (Å²) in [5.74, 6) is 0.895. The highest BCUT2D eigenvalue weighted by atomic mass is 79.9. The van der Waals surface area contributed by atoms with Crippen molar-refractivity contribution in [1.82, 2.24) is 0 Å². The molecule has 0 fully saturated rings. The van der Waals surface area contributed by atoms with Crippen molar-refractivity contribution in [1.29, 1.82) is 0 Å². The molecule has 20 heavy (non-hydrogen) atoms. The Labute approximate surface area is 129 Å². The molecule has 2 aromatic carbocycles. The van der Waals surface area contributed by atoms with Crippen LogP contribution in [0.5, 0.6) is 5.75 Å². The molecule has 0 amide bonds. The van der Waals surface area contributed by atoms with Crippen LogP contribution in [-0.2, 0) is 6.54 Å². The molecule has 0 unspecified atom stereocenters. The largest absolute Gasteiger partial charge is 1.00 e. The van der Waals surface area contributed by atoms with Crippen molar-refractivity contribution in [3.8, 4) is 5.75 Å². The van der Waals surface area contributed by atoms with E-state index in [-0.39, 0.29) is 17.0 Å². The van der Waals surface area contributed by atoms with Crippen LogP contribution in [0.2, 0.25) is 0 Å². The molecule has 0 saturated heterocycles. The predicted molar refractivity (Wildman–Crippen MR) is 76.2 cm³/mol. The molecule has 0 radical (unpaired) electrons. The first kappa shape index (κ1) is 14.5. The molecule has 3 rings (SSSR count). The number of para-hydroxylation sites is 1. The first-order valence-electron chi connectivity index (χ1n) is 6.37. The Morgan fingerprint density at radius 2 is 1.60 bits per heavy atom. The molecule has 0 atom stereocenters. The van der Waals surface area contributed by atoms with Gasteiger partial charge in [0.15, 0.2) is 12.7 Å². The van der Waals surface area contributed by atoms with Gasteiger partial charge >= 0.3 is 0 Å². The number of hydrogen-bond donors (Lipinski definition) is 0. The Balaban J connectivity index is 0.00000147. The molecular formula is C17H16BrNO. The van der Waals surface area contributed by atoms with Crippen LogP contribution in [0.25, 0.3) is 10.9 Å². The number of halogens is 1. The van der Waals surface area contributed by atoms with Gasteiger partial charge in [-0.1, -0.05) is 12.1 Å². The summed E-state index contributed by atoms with van der Waals surface area (Å²) in [6.07, 6.45) is 2.12. The first-order chi connectivity index (χ1) is 9.36. The molecule has 2 nitrogen and oxygen atoms in total. The fraction of sp³-hybridized carbons (Fsp3) is 0.118. The molecule has 1 aromatic heterocycles. The van der Waals surface area contributed by atoms with Crippen molar-refractivity contribution in [3.63, 3.8) is 0 Å². The summed E-state index contributed by atoms with van der Waals surface area (Å²) in [7, 11) is 1.69. The highest BCUT2D eigenvalue weighted by molar-refractivity contribution is 5.74. The van der Waals surface area contributed by atoms with Crippen LogP contribution in [0.1, 0.15) is 5.56 Å². The van der Waals surface area contributed by atoms with Gasteiger partial charge in [0.2, 0.25) is 5.52 Å². The first-order valence-corrected chi connectivity index (χ1v) is 6.37. The van der Waals surface area contributed by atoms with Gasteiger partial charge in [0.05, 0.1) is 7.11 Å². The van der Waals surface area contributed by atoms with E-state index in [0.717, 1.165) is 12.3 Å². The maximum atomic E-state index is 5.18. The summed E-state index contributed by atoms with van der Waals surface area (Å²) in [6, 6.07) is 20.9. The van der Waals surface area contributed by atoms with Gasteiger partial charge in [0, 0.05) is 23.1 Å². The maximum Gasteiger partial charge on any atom is 0.212 e. The lowest BCUT2D eigenvalue weighted by Gasteiger charge is -2.03. The zero-order chi connectivity index (χ0) is 13.1. The second-order valence-electron chi connectivity index (χ2n) is 4.54. The zero-order valence-electron chi connectivity index (χ0n) is 11.3. The van der Waals surface area contributed by atoms with Crippen molar-refractivity contribution >= 4 is 10.9 Å². The number of hydrogen-bond acceptors (Lipinski definition) is 1. The quantitative estimate of drug-likeness (QED) is 0.625. The van der Waals surface area contributed by atoms with E-state index >= 15 is 0 Å². The van der Waals surface area contributed by atoms with Gasteiger partial charge in [-0.15, -0.1) is 0 Å². The van der Waals surface area contributed by atoms with Crippen LogP contribution in [0.4, 0.5) is 0 Å². The molecule has 0 N–H and O–H groups in total. The van der Waals surface area contributed by atoms with Crippen molar-refractivity contribution in [2.45, 2.75) is 6.54 Å². The second kappa shape index (κ2) is 6.53. The van der Waals surface area contributed by atoms with E-state index in [1.807, 2.05) is 12.1 Å². The summed E-state index contributed by atoms with van der Waals surface area (Å²) >= 11 is 0. The predicted octanol–water partition coefficient (Wildman–Crippen LogP) is 0.188. The zero-order valence-corrected chi connectivity index (χ0v) is 12.9.